The fraction of sp³-hybridized carbons (Fsp3) is 0.500. The van der Waals surface area contributed by atoms with Gasteiger partial charge in [0.15, 0.2) is 0 Å². The minimum atomic E-state index is 0.0278. The van der Waals surface area contributed by atoms with Gasteiger partial charge in [-0.25, -0.2) is 0 Å². The third-order valence-corrected chi connectivity index (χ3v) is 0.897. The maximum absolute atomic E-state index is 8.09. The summed E-state index contributed by atoms with van der Waals surface area (Å²) in [4.78, 5) is 0. The number of furan rings is 1. The van der Waals surface area contributed by atoms with E-state index in [1.807, 2.05) is 12.1 Å². The third kappa shape index (κ3) is 9.16. The van der Waals surface area contributed by atoms with Crippen molar-refractivity contribution in [1.82, 2.24) is 0 Å². The van der Waals surface area contributed by atoms with Crippen LogP contribution < -0.4 is 0 Å². The van der Waals surface area contributed by atoms with Crippen LogP contribution in [0, 0.1) is 0 Å². The van der Waals surface area contributed by atoms with E-state index < -0.39 is 0 Å². The van der Waals surface area contributed by atoms with Gasteiger partial charge in [0.05, 0.1) is 39.0 Å². The zero-order chi connectivity index (χ0) is 9.07. The largest absolute Gasteiger partial charge is 0.473 e. The quantitative estimate of drug-likeness (QED) is 0.643. The second-order valence-electron chi connectivity index (χ2n) is 1.85. The predicted octanol–water partition coefficient (Wildman–Crippen LogP) is 0.267. The van der Waals surface area contributed by atoms with Crippen molar-refractivity contribution in [3.05, 3.63) is 24.7 Å². The molecule has 0 unspecified atom stereocenters. The second kappa shape index (κ2) is 10.2. The lowest BCUT2D eigenvalue weighted by Gasteiger charge is -1.94. The summed E-state index contributed by atoms with van der Waals surface area (Å²) in [7, 11) is 0. The molecular formula is C8H14O4. The summed E-state index contributed by atoms with van der Waals surface area (Å²) in [5, 5.41) is 16.2. The molecule has 0 saturated carbocycles. The molecule has 12 heavy (non-hydrogen) atoms. The summed E-state index contributed by atoms with van der Waals surface area (Å²) in [5.41, 5.74) is 0. The number of ether oxygens (including phenoxy) is 1. The van der Waals surface area contributed by atoms with Gasteiger partial charge >= 0.3 is 0 Å². The number of aliphatic hydroxyl groups is 2. The molecule has 0 amide bonds. The molecule has 0 aromatic carbocycles. The lowest BCUT2D eigenvalue weighted by molar-refractivity contribution is 0.0650. The normalized spacial score (nSPS) is 8.83. The summed E-state index contributed by atoms with van der Waals surface area (Å²) < 4.78 is 9.22. The number of rotatable bonds is 4. The van der Waals surface area contributed by atoms with Gasteiger partial charge < -0.3 is 19.4 Å². The van der Waals surface area contributed by atoms with Crippen molar-refractivity contribution in [3.63, 3.8) is 0 Å². The van der Waals surface area contributed by atoms with Gasteiger partial charge in [0.2, 0.25) is 0 Å². The summed E-state index contributed by atoms with van der Waals surface area (Å²) >= 11 is 0. The maximum atomic E-state index is 8.09. The average molecular weight is 174 g/mol. The Balaban J connectivity index is 0.000000211. The van der Waals surface area contributed by atoms with Gasteiger partial charge in [-0.15, -0.1) is 0 Å². The zero-order valence-electron chi connectivity index (χ0n) is 6.85. The molecule has 0 saturated heterocycles. The molecule has 0 aliphatic heterocycles. The Morgan fingerprint density at radius 2 is 1.50 bits per heavy atom. The van der Waals surface area contributed by atoms with Gasteiger partial charge in [0.25, 0.3) is 0 Å². The third-order valence-electron chi connectivity index (χ3n) is 0.897. The Bertz CT molecular complexity index is 118. The van der Waals surface area contributed by atoms with Crippen molar-refractivity contribution in [2.24, 2.45) is 0 Å². The van der Waals surface area contributed by atoms with Crippen LogP contribution in [0.1, 0.15) is 0 Å². The maximum Gasteiger partial charge on any atom is 0.0902 e. The Hall–Kier alpha value is -0.840. The summed E-state index contributed by atoms with van der Waals surface area (Å²) in [6.07, 6.45) is 3.25. The van der Waals surface area contributed by atoms with Crippen LogP contribution >= 0.6 is 0 Å². The summed E-state index contributed by atoms with van der Waals surface area (Å²) in [6.45, 7) is 0.696. The van der Waals surface area contributed by atoms with Crippen LogP contribution in [0.2, 0.25) is 0 Å². The number of hydrogen-bond donors (Lipinski definition) is 2. The fourth-order valence-electron chi connectivity index (χ4n) is 0.458. The van der Waals surface area contributed by atoms with Gasteiger partial charge in [0.1, 0.15) is 0 Å². The van der Waals surface area contributed by atoms with E-state index in [-0.39, 0.29) is 13.2 Å². The molecule has 2 N–H and O–H groups in total. The van der Waals surface area contributed by atoms with Gasteiger partial charge in [-0.2, -0.15) is 0 Å². The minimum Gasteiger partial charge on any atom is -0.473 e. The van der Waals surface area contributed by atoms with Crippen molar-refractivity contribution >= 4 is 0 Å². The van der Waals surface area contributed by atoms with E-state index >= 15 is 0 Å². The van der Waals surface area contributed by atoms with E-state index in [0.29, 0.717) is 13.2 Å². The lowest BCUT2D eigenvalue weighted by atomic mass is 10.7. The first-order chi connectivity index (χ1) is 5.91. The first-order valence-corrected chi connectivity index (χ1v) is 3.68. The lowest BCUT2D eigenvalue weighted by Crippen LogP contribution is -2.03. The minimum absolute atomic E-state index is 0.0278. The molecule has 0 aliphatic carbocycles. The van der Waals surface area contributed by atoms with E-state index in [0.717, 1.165) is 0 Å². The predicted molar refractivity (Wildman–Crippen MR) is 43.7 cm³/mol. The van der Waals surface area contributed by atoms with Crippen LogP contribution in [-0.4, -0.2) is 36.6 Å². The molecule has 0 atom stereocenters. The number of hydrogen-bond acceptors (Lipinski definition) is 4. The number of aliphatic hydroxyl groups excluding tert-OH is 2. The Morgan fingerprint density at radius 3 is 1.75 bits per heavy atom. The van der Waals surface area contributed by atoms with Gasteiger partial charge in [-0.1, -0.05) is 0 Å². The highest BCUT2D eigenvalue weighted by Gasteiger charge is 1.79. The van der Waals surface area contributed by atoms with Crippen molar-refractivity contribution in [2.45, 2.75) is 0 Å². The standard InChI is InChI=1S/C4H10O3.C4H4O/c5-1-3-7-4-2-6;1-2-4-5-3-1/h5-6H,1-4H2;1-4H. The average Bonchev–Trinajstić information content (AvgIpc) is 2.62. The highest BCUT2D eigenvalue weighted by atomic mass is 16.5. The molecule has 1 aromatic rings. The molecule has 4 heteroatoms. The molecule has 70 valence electrons. The van der Waals surface area contributed by atoms with Crippen LogP contribution in [0.3, 0.4) is 0 Å². The van der Waals surface area contributed by atoms with E-state index in [1.54, 1.807) is 12.5 Å². The molecule has 1 aromatic heterocycles. The van der Waals surface area contributed by atoms with Gasteiger partial charge in [0, 0.05) is 0 Å². The van der Waals surface area contributed by atoms with Crippen LogP contribution in [0.25, 0.3) is 0 Å². The molecule has 0 spiro atoms. The van der Waals surface area contributed by atoms with E-state index in [4.69, 9.17) is 10.2 Å². The van der Waals surface area contributed by atoms with E-state index in [2.05, 4.69) is 9.15 Å². The molecule has 1 rings (SSSR count). The van der Waals surface area contributed by atoms with E-state index in [9.17, 15) is 0 Å². The molecule has 1 heterocycles. The molecule has 0 aliphatic rings. The smallest absolute Gasteiger partial charge is 0.0902 e. The summed E-state index contributed by atoms with van der Waals surface area (Å²) in [6, 6.07) is 3.67. The van der Waals surface area contributed by atoms with Crippen molar-refractivity contribution in [2.75, 3.05) is 26.4 Å². The molecule has 4 nitrogen and oxygen atoms in total. The van der Waals surface area contributed by atoms with Crippen LogP contribution in [-0.2, 0) is 4.74 Å². The van der Waals surface area contributed by atoms with E-state index in [1.165, 1.54) is 0 Å². The fourth-order valence-corrected chi connectivity index (χ4v) is 0.458. The molecule has 0 bridgehead atoms. The molecular weight excluding hydrogens is 160 g/mol. The zero-order valence-corrected chi connectivity index (χ0v) is 6.85. The first-order valence-electron chi connectivity index (χ1n) is 3.68. The monoisotopic (exact) mass is 174 g/mol. The highest BCUT2D eigenvalue weighted by Crippen LogP contribution is 1.79. The SMILES string of the molecule is OCCOCCO.c1ccoc1. The van der Waals surface area contributed by atoms with Crippen LogP contribution in [0.5, 0.6) is 0 Å². The Morgan fingerprint density at radius 1 is 1.00 bits per heavy atom. The summed E-state index contributed by atoms with van der Waals surface area (Å²) in [5.74, 6) is 0. The first kappa shape index (κ1) is 11.2. The Kier molecular flexibility index (Phi) is 9.45. The van der Waals surface area contributed by atoms with Gasteiger partial charge in [-0.05, 0) is 12.1 Å². The Labute approximate surface area is 71.4 Å². The van der Waals surface area contributed by atoms with Gasteiger partial charge in [-0.3, -0.25) is 0 Å². The van der Waals surface area contributed by atoms with Crippen LogP contribution in [0.4, 0.5) is 0 Å². The highest BCUT2D eigenvalue weighted by molar-refractivity contribution is 4.79. The van der Waals surface area contributed by atoms with Crippen LogP contribution in [0.15, 0.2) is 29.1 Å². The molecule has 0 fully saturated rings. The topological polar surface area (TPSA) is 62.8 Å². The molecule has 0 radical (unpaired) electrons. The van der Waals surface area contributed by atoms with Crippen molar-refractivity contribution < 1.29 is 19.4 Å². The van der Waals surface area contributed by atoms with Crippen molar-refractivity contribution in [1.29, 1.82) is 0 Å². The second-order valence-corrected chi connectivity index (χ2v) is 1.85. The van der Waals surface area contributed by atoms with Crippen molar-refractivity contribution in [3.8, 4) is 0 Å².